The smallest absolute Gasteiger partial charge is 0.268 e. The summed E-state index contributed by atoms with van der Waals surface area (Å²) in [4.78, 5) is 5.95. The quantitative estimate of drug-likeness (QED) is 0.461. The SMILES string of the molecule is Cc1sc(-c2nc(-c3cccc(Cl)c3)no2)cc1S(=O)(=O)NCCC1=CCCCC1. The number of aromatic nitrogens is 2. The first-order chi connectivity index (χ1) is 14.4. The van der Waals surface area contributed by atoms with E-state index in [2.05, 4.69) is 20.9 Å². The topological polar surface area (TPSA) is 85.1 Å². The van der Waals surface area contributed by atoms with Gasteiger partial charge in [-0.15, -0.1) is 11.3 Å². The molecule has 0 unspecified atom stereocenters. The van der Waals surface area contributed by atoms with E-state index in [0.717, 1.165) is 24.8 Å². The molecule has 3 aromatic rings. The molecule has 2 aromatic heterocycles. The zero-order chi connectivity index (χ0) is 21.1. The summed E-state index contributed by atoms with van der Waals surface area (Å²) in [6.07, 6.45) is 7.56. The number of rotatable bonds is 7. The number of hydrogen-bond donors (Lipinski definition) is 1. The van der Waals surface area contributed by atoms with Gasteiger partial charge in [0.15, 0.2) is 0 Å². The second-order valence-electron chi connectivity index (χ2n) is 7.22. The van der Waals surface area contributed by atoms with Crippen LogP contribution >= 0.6 is 22.9 Å². The van der Waals surface area contributed by atoms with Crippen molar-refractivity contribution < 1.29 is 12.9 Å². The largest absolute Gasteiger partial charge is 0.333 e. The Morgan fingerprint density at radius 3 is 2.90 bits per heavy atom. The minimum absolute atomic E-state index is 0.252. The van der Waals surface area contributed by atoms with Gasteiger partial charge in [0.25, 0.3) is 5.89 Å². The van der Waals surface area contributed by atoms with Crippen molar-refractivity contribution >= 4 is 33.0 Å². The van der Waals surface area contributed by atoms with Crippen LogP contribution in [0.5, 0.6) is 0 Å². The Labute approximate surface area is 185 Å². The summed E-state index contributed by atoms with van der Waals surface area (Å²) in [5.41, 5.74) is 2.07. The van der Waals surface area contributed by atoms with Crippen molar-refractivity contribution in [2.75, 3.05) is 6.54 Å². The number of allylic oxidation sites excluding steroid dienone is 1. The van der Waals surface area contributed by atoms with Crippen LogP contribution in [0.4, 0.5) is 0 Å². The third-order valence-electron chi connectivity index (χ3n) is 5.00. The molecule has 0 fully saturated rings. The molecule has 2 heterocycles. The number of aryl methyl sites for hydroxylation is 1. The molecule has 6 nitrogen and oxygen atoms in total. The maximum Gasteiger partial charge on any atom is 0.268 e. The monoisotopic (exact) mass is 463 g/mol. The summed E-state index contributed by atoms with van der Waals surface area (Å²) in [6.45, 7) is 2.18. The molecule has 0 bridgehead atoms. The van der Waals surface area contributed by atoms with Crippen LogP contribution in [0.3, 0.4) is 0 Å². The van der Waals surface area contributed by atoms with E-state index >= 15 is 0 Å². The van der Waals surface area contributed by atoms with Crippen LogP contribution in [0.2, 0.25) is 5.02 Å². The molecular formula is C21H22ClN3O3S2. The number of sulfonamides is 1. The van der Waals surface area contributed by atoms with Crippen LogP contribution in [-0.4, -0.2) is 25.1 Å². The summed E-state index contributed by atoms with van der Waals surface area (Å²) >= 11 is 7.34. The van der Waals surface area contributed by atoms with Gasteiger partial charge in [-0.3, -0.25) is 0 Å². The number of halogens is 1. The number of thiophene rings is 1. The van der Waals surface area contributed by atoms with Gasteiger partial charge in [-0.2, -0.15) is 4.98 Å². The van der Waals surface area contributed by atoms with Crippen LogP contribution in [0.25, 0.3) is 22.2 Å². The number of hydrogen-bond acceptors (Lipinski definition) is 6. The summed E-state index contributed by atoms with van der Waals surface area (Å²) < 4.78 is 33.7. The Bertz CT molecular complexity index is 1180. The zero-order valence-electron chi connectivity index (χ0n) is 16.5. The second-order valence-corrected chi connectivity index (χ2v) is 10.6. The highest BCUT2D eigenvalue weighted by Gasteiger charge is 2.23. The highest BCUT2D eigenvalue weighted by atomic mass is 35.5. The lowest BCUT2D eigenvalue weighted by Gasteiger charge is -2.13. The molecule has 0 amide bonds. The molecule has 30 heavy (non-hydrogen) atoms. The fourth-order valence-corrected chi connectivity index (χ4v) is 6.19. The lowest BCUT2D eigenvalue weighted by Crippen LogP contribution is -2.25. The standard InChI is InChI=1S/C21H22ClN3O3S2/c1-14-19(30(26,27)23-11-10-15-6-3-2-4-7-15)13-18(29-14)21-24-20(25-28-21)16-8-5-9-17(22)12-16/h5-6,8-9,12-13,23H,2-4,7,10-11H2,1H3. The van der Waals surface area contributed by atoms with Gasteiger partial charge in [0.2, 0.25) is 15.8 Å². The molecule has 1 aliphatic rings. The maximum atomic E-state index is 12.8. The Kier molecular flexibility index (Phi) is 6.38. The van der Waals surface area contributed by atoms with Crippen molar-refractivity contribution in [1.82, 2.24) is 14.9 Å². The average molecular weight is 464 g/mol. The van der Waals surface area contributed by atoms with Crippen LogP contribution in [0, 0.1) is 6.92 Å². The third kappa shape index (κ3) is 4.83. The highest BCUT2D eigenvalue weighted by molar-refractivity contribution is 7.89. The second kappa shape index (κ2) is 9.01. The molecule has 4 rings (SSSR count). The molecular weight excluding hydrogens is 442 g/mol. The van der Waals surface area contributed by atoms with E-state index in [0.29, 0.717) is 27.1 Å². The molecule has 0 saturated heterocycles. The Hall–Kier alpha value is -2.00. The normalized spacial score (nSPS) is 14.7. The van der Waals surface area contributed by atoms with Crippen LogP contribution in [0.1, 0.15) is 37.0 Å². The predicted molar refractivity (Wildman–Crippen MR) is 119 cm³/mol. The fourth-order valence-electron chi connectivity index (χ4n) is 3.46. The van der Waals surface area contributed by atoms with Crippen LogP contribution < -0.4 is 4.72 Å². The number of benzene rings is 1. The van der Waals surface area contributed by atoms with Gasteiger partial charge in [0.1, 0.15) is 0 Å². The van der Waals surface area contributed by atoms with E-state index in [4.69, 9.17) is 16.1 Å². The summed E-state index contributed by atoms with van der Waals surface area (Å²) in [6, 6.07) is 8.75. The van der Waals surface area contributed by atoms with Gasteiger partial charge in [-0.05, 0) is 57.2 Å². The van der Waals surface area contributed by atoms with E-state index in [1.807, 2.05) is 12.1 Å². The average Bonchev–Trinajstić information content (AvgIpc) is 3.36. The molecule has 1 aliphatic carbocycles. The maximum absolute atomic E-state index is 12.8. The van der Waals surface area contributed by atoms with Gasteiger partial charge in [-0.1, -0.05) is 40.5 Å². The van der Waals surface area contributed by atoms with E-state index in [9.17, 15) is 8.42 Å². The Balaban J connectivity index is 1.49. The predicted octanol–water partition coefficient (Wildman–Crippen LogP) is 5.60. The van der Waals surface area contributed by atoms with Crippen molar-refractivity contribution in [1.29, 1.82) is 0 Å². The Morgan fingerprint density at radius 1 is 1.27 bits per heavy atom. The highest BCUT2D eigenvalue weighted by Crippen LogP contribution is 2.34. The molecule has 0 spiro atoms. The van der Waals surface area contributed by atoms with Crippen molar-refractivity contribution in [2.45, 2.75) is 43.9 Å². The van der Waals surface area contributed by atoms with Crippen molar-refractivity contribution in [2.24, 2.45) is 0 Å². The summed E-state index contributed by atoms with van der Waals surface area (Å²) in [5.74, 6) is 0.689. The van der Waals surface area contributed by atoms with Crippen molar-refractivity contribution in [3.8, 4) is 22.2 Å². The molecule has 1 N–H and O–H groups in total. The number of nitrogens with one attached hydrogen (secondary N) is 1. The van der Waals surface area contributed by atoms with E-state index in [1.54, 1.807) is 25.1 Å². The van der Waals surface area contributed by atoms with Gasteiger partial charge >= 0.3 is 0 Å². The van der Waals surface area contributed by atoms with Crippen molar-refractivity contribution in [3.05, 3.63) is 51.9 Å². The molecule has 1 aromatic carbocycles. The minimum atomic E-state index is -3.60. The van der Waals surface area contributed by atoms with E-state index in [-0.39, 0.29) is 10.8 Å². The van der Waals surface area contributed by atoms with Gasteiger partial charge in [0, 0.05) is 22.0 Å². The van der Waals surface area contributed by atoms with Gasteiger partial charge < -0.3 is 4.52 Å². The zero-order valence-corrected chi connectivity index (χ0v) is 18.9. The third-order valence-corrected chi connectivity index (χ3v) is 7.99. The van der Waals surface area contributed by atoms with Gasteiger partial charge in [-0.25, -0.2) is 13.1 Å². The molecule has 0 radical (unpaired) electrons. The molecule has 158 valence electrons. The molecule has 0 aliphatic heterocycles. The van der Waals surface area contributed by atoms with Gasteiger partial charge in [0.05, 0.1) is 9.77 Å². The van der Waals surface area contributed by atoms with E-state index in [1.165, 1.54) is 29.8 Å². The summed E-state index contributed by atoms with van der Waals surface area (Å²) in [5, 5.41) is 4.58. The number of nitrogens with zero attached hydrogens (tertiary/aromatic N) is 2. The first kappa shape index (κ1) is 21.2. The van der Waals surface area contributed by atoms with Crippen LogP contribution in [0.15, 0.2) is 51.4 Å². The van der Waals surface area contributed by atoms with Crippen LogP contribution in [-0.2, 0) is 10.0 Å². The fraction of sp³-hybridized carbons (Fsp3) is 0.333. The lowest BCUT2D eigenvalue weighted by atomic mass is 9.97. The summed E-state index contributed by atoms with van der Waals surface area (Å²) in [7, 11) is -3.60. The molecule has 9 heteroatoms. The molecule has 0 saturated carbocycles. The van der Waals surface area contributed by atoms with Crippen molar-refractivity contribution in [3.63, 3.8) is 0 Å². The Morgan fingerprint density at radius 2 is 2.13 bits per heavy atom. The first-order valence-electron chi connectivity index (χ1n) is 9.80. The minimum Gasteiger partial charge on any atom is -0.333 e. The van der Waals surface area contributed by atoms with E-state index < -0.39 is 10.0 Å². The molecule has 0 atom stereocenters. The first-order valence-corrected chi connectivity index (χ1v) is 12.5. The lowest BCUT2D eigenvalue weighted by molar-refractivity contribution is 0.433.